The number of anilines is 2. The quantitative estimate of drug-likeness (QED) is 0.864. The number of hydrogen-bond donors (Lipinski definition) is 0. The Bertz CT molecular complexity index is 657. The van der Waals surface area contributed by atoms with E-state index in [1.807, 2.05) is 12.1 Å². The molecule has 2 unspecified atom stereocenters. The second kappa shape index (κ2) is 6.78. The number of amides is 2. The third-order valence-electron chi connectivity index (χ3n) is 4.56. The van der Waals surface area contributed by atoms with Gasteiger partial charge in [-0.1, -0.05) is 12.1 Å². The van der Waals surface area contributed by atoms with Crippen LogP contribution in [0.2, 0.25) is 0 Å². The molecule has 2 heterocycles. The first kappa shape index (κ1) is 16.1. The summed E-state index contributed by atoms with van der Waals surface area (Å²) in [5.41, 5.74) is 0. The minimum absolute atomic E-state index is 0.0623. The third-order valence-corrected chi connectivity index (χ3v) is 4.56. The van der Waals surface area contributed by atoms with Crippen LogP contribution in [-0.4, -0.2) is 35.9 Å². The fourth-order valence-corrected chi connectivity index (χ4v) is 2.92. The predicted octanol–water partition coefficient (Wildman–Crippen LogP) is 2.13. The van der Waals surface area contributed by atoms with Crippen LogP contribution in [0, 0.1) is 11.8 Å². The van der Waals surface area contributed by atoms with Gasteiger partial charge in [0.1, 0.15) is 11.6 Å². The summed E-state index contributed by atoms with van der Waals surface area (Å²) in [7, 11) is 3.40. The lowest BCUT2D eigenvalue weighted by Crippen LogP contribution is -2.49. The number of carbonyl (C=O) groups is 2. The molecule has 124 valence electrons. The normalized spacial score (nSPS) is 19.2. The highest BCUT2D eigenvalue weighted by atomic mass is 16.2. The van der Waals surface area contributed by atoms with Gasteiger partial charge >= 0.3 is 0 Å². The van der Waals surface area contributed by atoms with Crippen LogP contribution in [0.25, 0.3) is 0 Å². The summed E-state index contributed by atoms with van der Waals surface area (Å²) in [5, 5.41) is 0. The molecule has 3 rings (SSSR count). The van der Waals surface area contributed by atoms with E-state index in [2.05, 4.69) is 9.97 Å². The van der Waals surface area contributed by atoms with E-state index in [0.29, 0.717) is 11.6 Å². The van der Waals surface area contributed by atoms with Crippen LogP contribution in [0.3, 0.4) is 0 Å². The van der Waals surface area contributed by atoms with Gasteiger partial charge in [-0.25, -0.2) is 9.97 Å². The van der Waals surface area contributed by atoms with Gasteiger partial charge in [0.25, 0.3) is 0 Å². The van der Waals surface area contributed by atoms with E-state index in [1.54, 1.807) is 50.8 Å². The summed E-state index contributed by atoms with van der Waals surface area (Å²) >= 11 is 0. The molecule has 0 aliphatic heterocycles. The molecule has 1 aliphatic rings. The van der Waals surface area contributed by atoms with Crippen molar-refractivity contribution in [2.45, 2.75) is 12.8 Å². The number of carbonyl (C=O) groups excluding carboxylic acids is 2. The van der Waals surface area contributed by atoms with Crippen molar-refractivity contribution >= 4 is 23.5 Å². The zero-order valence-electron chi connectivity index (χ0n) is 13.8. The number of nitrogens with zero attached hydrogens (tertiary/aromatic N) is 4. The third kappa shape index (κ3) is 2.99. The van der Waals surface area contributed by atoms with Crippen LogP contribution < -0.4 is 9.80 Å². The van der Waals surface area contributed by atoms with Gasteiger partial charge in [0.2, 0.25) is 11.8 Å². The average molecular weight is 324 g/mol. The topological polar surface area (TPSA) is 66.4 Å². The maximum Gasteiger partial charge on any atom is 0.231 e. The van der Waals surface area contributed by atoms with Crippen molar-refractivity contribution in [1.29, 1.82) is 0 Å². The van der Waals surface area contributed by atoms with E-state index >= 15 is 0 Å². The van der Waals surface area contributed by atoms with Gasteiger partial charge in [-0.15, -0.1) is 0 Å². The highest BCUT2D eigenvalue weighted by Crippen LogP contribution is 2.37. The fourth-order valence-electron chi connectivity index (χ4n) is 2.92. The van der Waals surface area contributed by atoms with Gasteiger partial charge in [-0.2, -0.15) is 0 Å². The van der Waals surface area contributed by atoms with Crippen LogP contribution in [0.15, 0.2) is 48.8 Å². The van der Waals surface area contributed by atoms with E-state index in [4.69, 9.17) is 0 Å². The Morgan fingerprint density at radius 3 is 1.54 bits per heavy atom. The fraction of sp³-hybridized carbons (Fsp3) is 0.333. The van der Waals surface area contributed by atoms with Crippen LogP contribution in [0.4, 0.5) is 11.6 Å². The summed E-state index contributed by atoms with van der Waals surface area (Å²) in [5.74, 6) is 0.476. The molecular formula is C18H20N4O2. The summed E-state index contributed by atoms with van der Waals surface area (Å²) < 4.78 is 0. The van der Waals surface area contributed by atoms with E-state index in [9.17, 15) is 9.59 Å². The minimum atomic E-state index is -0.296. The smallest absolute Gasteiger partial charge is 0.231 e. The second-order valence-corrected chi connectivity index (χ2v) is 5.96. The van der Waals surface area contributed by atoms with Crippen LogP contribution in [0.1, 0.15) is 12.8 Å². The highest BCUT2D eigenvalue weighted by molar-refractivity contribution is 6.01. The monoisotopic (exact) mass is 324 g/mol. The molecule has 1 saturated carbocycles. The average Bonchev–Trinajstić information content (AvgIpc) is 2.60. The molecule has 0 N–H and O–H groups in total. The summed E-state index contributed by atoms with van der Waals surface area (Å²) in [6, 6.07) is 10.9. The summed E-state index contributed by atoms with van der Waals surface area (Å²) in [4.78, 5) is 36.8. The highest BCUT2D eigenvalue weighted by Gasteiger charge is 2.44. The largest absolute Gasteiger partial charge is 0.300 e. The minimum Gasteiger partial charge on any atom is -0.300 e. The van der Waals surface area contributed by atoms with Crippen molar-refractivity contribution in [3.8, 4) is 0 Å². The number of pyridine rings is 2. The Hall–Kier alpha value is -2.76. The van der Waals surface area contributed by atoms with Gasteiger partial charge in [-0.3, -0.25) is 19.4 Å². The summed E-state index contributed by atoms with van der Waals surface area (Å²) in [6.07, 6.45) is 4.75. The van der Waals surface area contributed by atoms with Crippen molar-refractivity contribution in [1.82, 2.24) is 9.97 Å². The molecule has 2 aromatic rings. The van der Waals surface area contributed by atoms with Crippen LogP contribution in [0.5, 0.6) is 0 Å². The van der Waals surface area contributed by atoms with E-state index in [1.165, 1.54) is 9.80 Å². The lowest BCUT2D eigenvalue weighted by molar-refractivity contribution is -0.137. The Morgan fingerprint density at radius 2 is 1.25 bits per heavy atom. The lowest BCUT2D eigenvalue weighted by atomic mass is 9.72. The first-order valence-corrected chi connectivity index (χ1v) is 7.97. The predicted molar refractivity (Wildman–Crippen MR) is 91.5 cm³/mol. The van der Waals surface area contributed by atoms with E-state index in [-0.39, 0.29) is 23.7 Å². The maximum absolute atomic E-state index is 12.7. The molecular weight excluding hydrogens is 304 g/mol. The van der Waals surface area contributed by atoms with Crippen LogP contribution in [-0.2, 0) is 9.59 Å². The van der Waals surface area contributed by atoms with Crippen LogP contribution >= 0.6 is 0 Å². The molecule has 0 radical (unpaired) electrons. The number of hydrogen-bond acceptors (Lipinski definition) is 4. The molecule has 24 heavy (non-hydrogen) atoms. The lowest BCUT2D eigenvalue weighted by Gasteiger charge is -2.38. The Labute approximate surface area is 141 Å². The SMILES string of the molecule is CN(C(=O)C1CCC1C(=O)N(C)c1ccccn1)c1ccccn1. The zero-order chi connectivity index (χ0) is 17.1. The molecule has 6 heteroatoms. The van der Waals surface area contributed by atoms with Gasteiger partial charge in [0.15, 0.2) is 0 Å². The van der Waals surface area contributed by atoms with Crippen molar-refractivity contribution in [2.75, 3.05) is 23.9 Å². The Morgan fingerprint density at radius 1 is 0.833 bits per heavy atom. The zero-order valence-corrected chi connectivity index (χ0v) is 13.8. The Balaban J connectivity index is 1.70. The van der Waals surface area contributed by atoms with Crippen molar-refractivity contribution < 1.29 is 9.59 Å². The van der Waals surface area contributed by atoms with Crippen molar-refractivity contribution in [3.63, 3.8) is 0 Å². The number of rotatable bonds is 4. The van der Waals surface area contributed by atoms with Crippen molar-refractivity contribution in [2.24, 2.45) is 11.8 Å². The molecule has 6 nitrogen and oxygen atoms in total. The molecule has 0 saturated heterocycles. The summed E-state index contributed by atoms with van der Waals surface area (Å²) in [6.45, 7) is 0. The molecule has 2 atom stereocenters. The van der Waals surface area contributed by atoms with Gasteiger partial charge in [0.05, 0.1) is 11.8 Å². The Kier molecular flexibility index (Phi) is 4.55. The molecule has 1 aliphatic carbocycles. The first-order chi connectivity index (χ1) is 11.6. The first-order valence-electron chi connectivity index (χ1n) is 7.97. The second-order valence-electron chi connectivity index (χ2n) is 5.96. The van der Waals surface area contributed by atoms with Gasteiger partial charge in [0, 0.05) is 26.5 Å². The van der Waals surface area contributed by atoms with Gasteiger partial charge in [-0.05, 0) is 37.1 Å². The molecule has 0 bridgehead atoms. The van der Waals surface area contributed by atoms with Gasteiger partial charge < -0.3 is 0 Å². The van der Waals surface area contributed by atoms with E-state index in [0.717, 1.165) is 12.8 Å². The van der Waals surface area contributed by atoms with Crippen molar-refractivity contribution in [3.05, 3.63) is 48.8 Å². The standard InChI is InChI=1S/C18H20N4O2/c1-21(15-7-3-5-11-19-15)17(23)13-9-10-14(13)18(24)22(2)16-8-4-6-12-20-16/h3-8,11-14H,9-10H2,1-2H3. The number of aromatic nitrogens is 2. The molecule has 2 aromatic heterocycles. The maximum atomic E-state index is 12.7. The molecule has 2 amide bonds. The van der Waals surface area contributed by atoms with E-state index < -0.39 is 0 Å². The molecule has 0 aromatic carbocycles. The molecule has 0 spiro atoms. The molecule has 1 fully saturated rings.